The van der Waals surface area contributed by atoms with E-state index in [1.54, 1.807) is 18.2 Å². The molecule has 1 fully saturated rings. The van der Waals surface area contributed by atoms with E-state index in [0.717, 1.165) is 4.47 Å². The lowest BCUT2D eigenvalue weighted by Gasteiger charge is -2.24. The van der Waals surface area contributed by atoms with Crippen molar-refractivity contribution >= 4 is 39.3 Å². The first-order valence-corrected chi connectivity index (χ1v) is 7.98. The predicted octanol–water partition coefficient (Wildman–Crippen LogP) is -0.873. The van der Waals surface area contributed by atoms with Crippen LogP contribution < -0.4 is 9.80 Å². The van der Waals surface area contributed by atoms with Gasteiger partial charge >= 0.3 is 11.9 Å². The van der Waals surface area contributed by atoms with Crippen molar-refractivity contribution in [2.45, 2.75) is 18.6 Å². The minimum absolute atomic E-state index is 0.135. The lowest BCUT2D eigenvalue weighted by Crippen LogP contribution is -3.16. The van der Waals surface area contributed by atoms with Crippen LogP contribution in [0.2, 0.25) is 0 Å². The smallest absolute Gasteiger partial charge is 0.364 e. The monoisotopic (exact) mass is 383 g/mol. The van der Waals surface area contributed by atoms with E-state index in [1.165, 1.54) is 12.0 Å². The van der Waals surface area contributed by atoms with Crippen LogP contribution in [0.1, 0.15) is 16.8 Å². The molecule has 3 atom stereocenters. The SMILES string of the molecule is COC(=O)[C@@H]1C[C@@H](O)C[NH+]1CN1C(=O)C(=O)c2cc(Br)ccc21. The van der Waals surface area contributed by atoms with Crippen molar-refractivity contribution in [3.8, 4) is 0 Å². The van der Waals surface area contributed by atoms with E-state index in [-0.39, 0.29) is 13.1 Å². The number of esters is 1. The molecule has 0 radical (unpaired) electrons. The Kier molecular flexibility index (Phi) is 4.22. The average molecular weight is 384 g/mol. The van der Waals surface area contributed by atoms with Crippen LogP contribution in [0, 0.1) is 0 Å². The van der Waals surface area contributed by atoms with Gasteiger partial charge in [0.1, 0.15) is 12.6 Å². The van der Waals surface area contributed by atoms with Crippen molar-refractivity contribution in [3.63, 3.8) is 0 Å². The number of nitrogens with zero attached hydrogens (tertiary/aromatic N) is 1. The van der Waals surface area contributed by atoms with Crippen molar-refractivity contribution in [2.24, 2.45) is 0 Å². The fourth-order valence-corrected chi connectivity index (χ4v) is 3.54. The lowest BCUT2D eigenvalue weighted by atomic mass is 10.1. The molecule has 122 valence electrons. The molecule has 3 rings (SSSR count). The van der Waals surface area contributed by atoms with Gasteiger partial charge in [-0.25, -0.2) is 4.79 Å². The molecule has 7 nitrogen and oxygen atoms in total. The summed E-state index contributed by atoms with van der Waals surface area (Å²) >= 11 is 3.28. The van der Waals surface area contributed by atoms with Gasteiger partial charge in [0.15, 0.2) is 12.7 Å². The maximum atomic E-state index is 12.3. The second-order valence-electron chi connectivity index (χ2n) is 5.71. The molecule has 8 heteroatoms. The van der Waals surface area contributed by atoms with E-state index < -0.39 is 29.8 Å². The van der Waals surface area contributed by atoms with E-state index in [0.29, 0.717) is 22.7 Å². The highest BCUT2D eigenvalue weighted by Gasteiger charge is 2.45. The first-order chi connectivity index (χ1) is 10.9. The quantitative estimate of drug-likeness (QED) is 0.523. The van der Waals surface area contributed by atoms with Crippen molar-refractivity contribution in [1.82, 2.24) is 0 Å². The number of carbonyl (C=O) groups excluding carboxylic acids is 3. The van der Waals surface area contributed by atoms with Crippen molar-refractivity contribution in [3.05, 3.63) is 28.2 Å². The first kappa shape index (κ1) is 16.1. The number of Topliss-reactive ketones (excluding diaryl/α,β-unsaturated/α-hetero) is 1. The van der Waals surface area contributed by atoms with Crippen LogP contribution in [0.5, 0.6) is 0 Å². The molecule has 2 heterocycles. The van der Waals surface area contributed by atoms with Gasteiger partial charge in [-0.05, 0) is 18.2 Å². The number of benzene rings is 1. The zero-order valence-corrected chi connectivity index (χ0v) is 14.0. The Balaban J connectivity index is 1.87. The van der Waals surface area contributed by atoms with Gasteiger partial charge in [0.2, 0.25) is 0 Å². The average Bonchev–Trinajstić information content (AvgIpc) is 3.00. The number of aliphatic hydroxyl groups is 1. The highest BCUT2D eigenvalue weighted by molar-refractivity contribution is 9.10. The van der Waals surface area contributed by atoms with Gasteiger partial charge in [-0.15, -0.1) is 0 Å². The third kappa shape index (κ3) is 2.77. The molecule has 2 aliphatic heterocycles. The number of hydrogen-bond donors (Lipinski definition) is 2. The number of nitrogens with one attached hydrogen (secondary N) is 1. The predicted molar refractivity (Wildman–Crippen MR) is 83.1 cm³/mol. The Morgan fingerprint density at radius 2 is 2.22 bits per heavy atom. The molecule has 2 aliphatic rings. The third-order valence-electron chi connectivity index (χ3n) is 4.28. The molecule has 0 saturated carbocycles. The topological polar surface area (TPSA) is 88.3 Å². The second kappa shape index (κ2) is 6.03. The van der Waals surface area contributed by atoms with E-state index in [2.05, 4.69) is 15.9 Å². The Hall–Kier alpha value is -1.77. The number of halogens is 1. The van der Waals surface area contributed by atoms with Crippen LogP contribution in [-0.2, 0) is 14.3 Å². The maximum Gasteiger partial charge on any atom is 0.364 e. The summed E-state index contributed by atoms with van der Waals surface area (Å²) in [6.45, 7) is 0.458. The molecule has 1 saturated heterocycles. The fraction of sp³-hybridized carbons (Fsp3) is 0.400. The van der Waals surface area contributed by atoms with Gasteiger partial charge in [-0.1, -0.05) is 15.9 Å². The Morgan fingerprint density at radius 1 is 1.48 bits per heavy atom. The summed E-state index contributed by atoms with van der Waals surface area (Å²) in [5, 5.41) is 9.83. The Bertz CT molecular complexity index is 692. The molecule has 1 aromatic carbocycles. The number of amides is 1. The van der Waals surface area contributed by atoms with Gasteiger partial charge in [-0.2, -0.15) is 0 Å². The van der Waals surface area contributed by atoms with Crippen LogP contribution in [0.3, 0.4) is 0 Å². The number of rotatable bonds is 3. The van der Waals surface area contributed by atoms with E-state index in [9.17, 15) is 19.5 Å². The van der Waals surface area contributed by atoms with Crippen molar-refractivity contribution in [2.75, 3.05) is 25.2 Å². The third-order valence-corrected chi connectivity index (χ3v) is 4.77. The van der Waals surface area contributed by atoms with E-state index >= 15 is 0 Å². The molecule has 0 spiro atoms. The van der Waals surface area contributed by atoms with Crippen LogP contribution in [0.25, 0.3) is 0 Å². The fourth-order valence-electron chi connectivity index (χ4n) is 3.18. The number of quaternary nitrogens is 1. The van der Waals surface area contributed by atoms with Gasteiger partial charge < -0.3 is 14.7 Å². The summed E-state index contributed by atoms with van der Waals surface area (Å²) in [6.07, 6.45) is -0.350. The van der Waals surface area contributed by atoms with Crippen LogP contribution in [0.15, 0.2) is 22.7 Å². The summed E-state index contributed by atoms with van der Waals surface area (Å²) in [4.78, 5) is 38.3. The summed E-state index contributed by atoms with van der Waals surface area (Å²) in [5.74, 6) is -1.60. The van der Waals surface area contributed by atoms with Crippen LogP contribution in [0.4, 0.5) is 5.69 Å². The number of ketones is 1. The van der Waals surface area contributed by atoms with Crippen LogP contribution >= 0.6 is 15.9 Å². The zero-order chi connectivity index (χ0) is 16.7. The number of hydrogen-bond acceptors (Lipinski definition) is 5. The molecule has 0 aliphatic carbocycles. The lowest BCUT2D eigenvalue weighted by molar-refractivity contribution is -0.903. The highest BCUT2D eigenvalue weighted by atomic mass is 79.9. The van der Waals surface area contributed by atoms with Gasteiger partial charge in [0.25, 0.3) is 5.78 Å². The maximum absolute atomic E-state index is 12.3. The summed E-state index contributed by atoms with van der Waals surface area (Å²) in [5.41, 5.74) is 0.874. The molecule has 1 aromatic rings. The summed E-state index contributed by atoms with van der Waals surface area (Å²) < 4.78 is 5.48. The standard InChI is InChI=1S/C15H15BrN2O5/c1-23-15(22)12-5-9(19)6-17(12)7-18-11-3-2-8(16)4-10(11)13(20)14(18)21/h2-4,9,12,19H,5-7H2,1H3/p+1/t9-,12+/m1/s1. The van der Waals surface area contributed by atoms with Gasteiger partial charge in [0, 0.05) is 10.9 Å². The Morgan fingerprint density at radius 3 is 2.91 bits per heavy atom. The van der Waals surface area contributed by atoms with E-state index in [1.807, 2.05) is 0 Å². The number of likely N-dealkylation sites (tertiary alicyclic amines) is 1. The molecular weight excluding hydrogens is 368 g/mol. The molecule has 0 bridgehead atoms. The van der Waals surface area contributed by atoms with Crippen molar-refractivity contribution in [1.29, 1.82) is 0 Å². The highest BCUT2D eigenvalue weighted by Crippen LogP contribution is 2.30. The number of aliphatic hydroxyl groups excluding tert-OH is 1. The molecular formula is C15H16BrN2O5+. The number of ether oxygens (including phenoxy) is 1. The van der Waals surface area contributed by atoms with Crippen LogP contribution in [-0.4, -0.2) is 55.2 Å². The number of fused-ring (bicyclic) bond motifs is 1. The number of carbonyl (C=O) groups is 3. The van der Waals surface area contributed by atoms with E-state index in [4.69, 9.17) is 4.74 Å². The molecule has 2 N–H and O–H groups in total. The van der Waals surface area contributed by atoms with Crippen molar-refractivity contribution < 1.29 is 29.1 Å². The van der Waals surface area contributed by atoms with Gasteiger partial charge in [0.05, 0.1) is 18.4 Å². The largest absolute Gasteiger partial charge is 0.465 e. The second-order valence-corrected chi connectivity index (χ2v) is 6.63. The normalized spacial score (nSPS) is 26.6. The van der Waals surface area contributed by atoms with Gasteiger partial charge in [-0.3, -0.25) is 14.5 Å². The number of methoxy groups -OCH3 is 1. The summed E-state index contributed by atoms with van der Waals surface area (Å²) in [6, 6.07) is 4.52. The summed E-state index contributed by atoms with van der Waals surface area (Å²) in [7, 11) is 1.29. The molecule has 1 unspecified atom stereocenters. The minimum atomic E-state index is -0.633. The molecule has 1 amide bonds. The minimum Gasteiger partial charge on any atom is -0.465 e. The zero-order valence-electron chi connectivity index (χ0n) is 12.4. The Labute approximate surface area is 140 Å². The first-order valence-electron chi connectivity index (χ1n) is 7.18. The molecule has 0 aromatic heterocycles. The number of anilines is 1. The molecule has 23 heavy (non-hydrogen) atoms.